The lowest BCUT2D eigenvalue weighted by molar-refractivity contribution is 0.355. The number of nitrogens with zero attached hydrogens (tertiary/aromatic N) is 2. The average molecular weight is 523 g/mol. The predicted octanol–water partition coefficient (Wildman–Crippen LogP) is 1.85. The SMILES string of the molecule is CCCCCCCCCCCCS(=O)(=O)CCCn1c(=O)n(P(=O)(O)O)c(=O)c2[nH]c(=O)[nH]c21. The van der Waals surface area contributed by atoms with Gasteiger partial charge in [-0.2, -0.15) is 4.34 Å². The van der Waals surface area contributed by atoms with E-state index in [1.807, 2.05) is 0 Å². The summed E-state index contributed by atoms with van der Waals surface area (Å²) in [7, 11) is -8.68. The van der Waals surface area contributed by atoms with E-state index in [4.69, 9.17) is 0 Å². The summed E-state index contributed by atoms with van der Waals surface area (Å²) >= 11 is 0. The summed E-state index contributed by atoms with van der Waals surface area (Å²) < 4.78 is 36.9. The lowest BCUT2D eigenvalue weighted by Gasteiger charge is -2.12. The molecule has 2 aromatic rings. The number of imidazole rings is 1. The largest absolute Gasteiger partial charge is 0.440 e. The fourth-order valence-corrected chi connectivity index (χ4v) is 6.01. The van der Waals surface area contributed by atoms with E-state index in [2.05, 4.69) is 16.9 Å². The molecule has 12 nitrogen and oxygen atoms in total. The normalized spacial score (nSPS) is 12.6. The molecule has 0 radical (unpaired) electrons. The molecule has 2 heterocycles. The van der Waals surface area contributed by atoms with Crippen LogP contribution < -0.4 is 16.9 Å². The smallest absolute Gasteiger partial charge is 0.308 e. The maximum atomic E-state index is 12.5. The molecule has 0 atom stereocenters. The number of sulfone groups is 1. The Labute approximate surface area is 197 Å². The lowest BCUT2D eigenvalue weighted by Crippen LogP contribution is -2.39. The Bertz CT molecular complexity index is 1270. The molecule has 34 heavy (non-hydrogen) atoms. The van der Waals surface area contributed by atoms with Gasteiger partial charge in [0.15, 0.2) is 5.52 Å². The van der Waals surface area contributed by atoms with Gasteiger partial charge in [-0.3, -0.25) is 19.3 Å². The summed E-state index contributed by atoms with van der Waals surface area (Å²) in [6, 6.07) is 0. The van der Waals surface area contributed by atoms with E-state index < -0.39 is 40.0 Å². The van der Waals surface area contributed by atoms with Crippen molar-refractivity contribution in [2.75, 3.05) is 11.5 Å². The Morgan fingerprint density at radius 3 is 1.91 bits per heavy atom. The molecule has 0 saturated carbocycles. The molecule has 2 rings (SSSR count). The second-order valence-electron chi connectivity index (χ2n) is 8.55. The highest BCUT2D eigenvalue weighted by Crippen LogP contribution is 2.32. The van der Waals surface area contributed by atoms with Crippen LogP contribution in [0.25, 0.3) is 11.2 Å². The van der Waals surface area contributed by atoms with Crippen molar-refractivity contribution < 1.29 is 22.8 Å². The number of hydrogen-bond donors (Lipinski definition) is 4. The Morgan fingerprint density at radius 2 is 1.35 bits per heavy atom. The van der Waals surface area contributed by atoms with Crippen LogP contribution in [-0.2, 0) is 20.9 Å². The summed E-state index contributed by atoms with van der Waals surface area (Å²) in [4.78, 5) is 59.5. The molecular formula is C20H35N4O8PS. The summed E-state index contributed by atoms with van der Waals surface area (Å²) in [5, 5.41) is 0. The van der Waals surface area contributed by atoms with Crippen molar-refractivity contribution in [1.29, 1.82) is 0 Å². The van der Waals surface area contributed by atoms with Crippen LogP contribution in [-0.4, -0.2) is 48.6 Å². The number of hydrogen-bond acceptors (Lipinski definition) is 6. The summed E-state index contributed by atoms with van der Waals surface area (Å²) in [5.74, 6) is -0.209. The quantitative estimate of drug-likeness (QED) is 0.190. The van der Waals surface area contributed by atoms with Gasteiger partial charge in [-0.15, -0.1) is 0 Å². The first-order valence-corrected chi connectivity index (χ1v) is 15.1. The molecule has 0 spiro atoms. The first-order chi connectivity index (χ1) is 16.0. The maximum absolute atomic E-state index is 12.5. The number of fused-ring (bicyclic) bond motifs is 1. The number of aryl methyl sites for hydroxylation is 1. The van der Waals surface area contributed by atoms with Crippen LogP contribution in [0.5, 0.6) is 0 Å². The van der Waals surface area contributed by atoms with Crippen molar-refractivity contribution in [3.05, 3.63) is 31.3 Å². The van der Waals surface area contributed by atoms with Gasteiger partial charge >= 0.3 is 19.1 Å². The number of H-pyrrole nitrogens is 2. The minimum absolute atomic E-state index is 0.0246. The number of nitrogens with one attached hydrogen (secondary N) is 2. The number of aromatic nitrogens is 4. The van der Waals surface area contributed by atoms with Crippen molar-refractivity contribution in [2.45, 2.75) is 84.1 Å². The van der Waals surface area contributed by atoms with Gasteiger partial charge in [0.05, 0.1) is 11.5 Å². The third kappa shape index (κ3) is 8.07. The van der Waals surface area contributed by atoms with Crippen molar-refractivity contribution in [2.24, 2.45) is 0 Å². The Kier molecular flexibility index (Phi) is 10.5. The third-order valence-corrected chi connectivity index (χ3v) is 8.40. The van der Waals surface area contributed by atoms with Crippen LogP contribution in [0.3, 0.4) is 0 Å². The van der Waals surface area contributed by atoms with Crippen LogP contribution in [0.4, 0.5) is 0 Å². The highest BCUT2D eigenvalue weighted by atomic mass is 32.2. The van der Waals surface area contributed by atoms with Gasteiger partial charge in [-0.25, -0.2) is 22.6 Å². The Balaban J connectivity index is 1.90. The summed E-state index contributed by atoms with van der Waals surface area (Å²) in [6.07, 6.45) is 10.8. The van der Waals surface area contributed by atoms with Gasteiger partial charge in [-0.05, 0) is 12.8 Å². The van der Waals surface area contributed by atoms with E-state index in [0.29, 0.717) is 6.42 Å². The van der Waals surface area contributed by atoms with E-state index in [-0.39, 0.29) is 34.5 Å². The zero-order chi connectivity index (χ0) is 25.4. The topological polar surface area (TPSA) is 184 Å². The van der Waals surface area contributed by atoms with Gasteiger partial charge in [0.1, 0.15) is 15.5 Å². The average Bonchev–Trinajstić information content (AvgIpc) is 3.12. The van der Waals surface area contributed by atoms with Crippen LogP contribution in [0.15, 0.2) is 14.4 Å². The predicted molar refractivity (Wildman–Crippen MR) is 130 cm³/mol. The van der Waals surface area contributed by atoms with E-state index in [1.54, 1.807) is 0 Å². The molecule has 0 fully saturated rings. The second kappa shape index (κ2) is 12.7. The fourth-order valence-electron chi connectivity index (χ4n) is 3.93. The molecule has 0 unspecified atom stereocenters. The van der Waals surface area contributed by atoms with Crippen LogP contribution in [0.1, 0.15) is 77.6 Å². The van der Waals surface area contributed by atoms with Crippen LogP contribution in [0, 0.1) is 0 Å². The van der Waals surface area contributed by atoms with Crippen molar-refractivity contribution in [3.8, 4) is 0 Å². The highest BCUT2D eigenvalue weighted by Gasteiger charge is 2.27. The monoisotopic (exact) mass is 522 g/mol. The molecule has 0 aliphatic carbocycles. The molecule has 194 valence electrons. The van der Waals surface area contributed by atoms with E-state index in [0.717, 1.165) is 30.3 Å². The Morgan fingerprint density at radius 1 is 0.824 bits per heavy atom. The zero-order valence-electron chi connectivity index (χ0n) is 19.5. The lowest BCUT2D eigenvalue weighted by atomic mass is 10.1. The molecule has 0 amide bonds. The van der Waals surface area contributed by atoms with Crippen molar-refractivity contribution >= 4 is 28.7 Å². The van der Waals surface area contributed by atoms with Crippen LogP contribution >= 0.6 is 7.75 Å². The first-order valence-electron chi connectivity index (χ1n) is 11.7. The second-order valence-corrected chi connectivity index (χ2v) is 12.3. The highest BCUT2D eigenvalue weighted by molar-refractivity contribution is 7.91. The van der Waals surface area contributed by atoms with E-state index in [1.165, 1.54) is 32.1 Å². The maximum Gasteiger partial charge on any atom is 0.440 e. The van der Waals surface area contributed by atoms with Gasteiger partial charge in [0.2, 0.25) is 0 Å². The Hall–Kier alpha value is -1.95. The first kappa shape index (κ1) is 28.3. The zero-order valence-corrected chi connectivity index (χ0v) is 21.2. The van der Waals surface area contributed by atoms with Gasteiger partial charge in [-0.1, -0.05) is 64.7 Å². The van der Waals surface area contributed by atoms with Gasteiger partial charge in [0, 0.05) is 6.54 Å². The molecule has 14 heteroatoms. The van der Waals surface area contributed by atoms with Gasteiger partial charge < -0.3 is 9.79 Å². The molecule has 0 aliphatic heterocycles. The number of unbranched alkanes of at least 4 members (excludes halogenated alkanes) is 9. The molecule has 4 N–H and O–H groups in total. The summed E-state index contributed by atoms with van der Waals surface area (Å²) in [5.41, 5.74) is -4.21. The minimum atomic E-state index is -5.30. The number of aromatic amines is 2. The molecule has 0 bridgehead atoms. The standard InChI is InChI=1S/C20H35N4O8PS/c1-2-3-4-5-6-7-8-9-10-11-14-34(31,32)15-12-13-23-17-16(21-19(26)22-17)18(25)24(20(23)27)33(28,29)30/h2-15H2,1H3,(H2,21,22,26)(H2,28,29,30). The molecule has 2 aromatic heterocycles. The third-order valence-electron chi connectivity index (χ3n) is 5.70. The molecule has 0 saturated heterocycles. The molecule has 0 aliphatic rings. The van der Waals surface area contributed by atoms with Crippen molar-refractivity contribution in [1.82, 2.24) is 18.9 Å². The van der Waals surface area contributed by atoms with E-state index >= 15 is 0 Å². The summed E-state index contributed by atoms with van der Waals surface area (Å²) in [6.45, 7) is 1.93. The number of rotatable bonds is 16. The van der Waals surface area contributed by atoms with Gasteiger partial charge in [0.25, 0.3) is 5.56 Å². The van der Waals surface area contributed by atoms with Crippen molar-refractivity contribution in [3.63, 3.8) is 0 Å². The van der Waals surface area contributed by atoms with Crippen LogP contribution in [0.2, 0.25) is 0 Å². The fraction of sp³-hybridized carbons (Fsp3) is 0.750. The molecular weight excluding hydrogens is 487 g/mol. The molecule has 0 aromatic carbocycles. The minimum Gasteiger partial charge on any atom is -0.308 e. The van der Waals surface area contributed by atoms with E-state index in [9.17, 15) is 37.2 Å².